The molecular weight excluding hydrogens is 360 g/mol. The zero-order valence-corrected chi connectivity index (χ0v) is 16.5. The van der Waals surface area contributed by atoms with Crippen LogP contribution in [0, 0.1) is 13.8 Å². The third-order valence-corrected chi connectivity index (χ3v) is 6.48. The van der Waals surface area contributed by atoms with E-state index < -0.39 is 5.72 Å². The maximum atomic E-state index is 13.3. The smallest absolute Gasteiger partial charge is 0.270 e. The van der Waals surface area contributed by atoms with Gasteiger partial charge in [0.1, 0.15) is 5.75 Å². The summed E-state index contributed by atoms with van der Waals surface area (Å²) in [7, 11) is 1.92. The molecule has 0 saturated heterocycles. The van der Waals surface area contributed by atoms with Crippen molar-refractivity contribution in [3.63, 3.8) is 0 Å². The Balaban J connectivity index is 1.78. The molecule has 2 unspecified atom stereocenters. The average molecular weight is 380 g/mol. The van der Waals surface area contributed by atoms with Crippen LogP contribution in [-0.4, -0.2) is 20.1 Å². The van der Waals surface area contributed by atoms with E-state index in [1.165, 1.54) is 11.3 Å². The molecule has 2 aliphatic heterocycles. The molecule has 2 atom stereocenters. The minimum Gasteiger partial charge on any atom is -0.466 e. The van der Waals surface area contributed by atoms with Crippen LogP contribution in [0.1, 0.15) is 41.9 Å². The van der Waals surface area contributed by atoms with Gasteiger partial charge in [0.05, 0.1) is 16.3 Å². The number of aryl methyl sites for hydroxylation is 2. The summed E-state index contributed by atoms with van der Waals surface area (Å²) in [5.74, 6) is 0.813. The third-order valence-electron chi connectivity index (χ3n) is 5.50. The monoisotopic (exact) mass is 380 g/mol. The fourth-order valence-electron chi connectivity index (χ4n) is 4.07. The summed E-state index contributed by atoms with van der Waals surface area (Å²) in [6.45, 7) is 5.97. The second kappa shape index (κ2) is 5.42. The van der Waals surface area contributed by atoms with Crippen LogP contribution >= 0.6 is 11.3 Å². The first-order valence-corrected chi connectivity index (χ1v) is 9.79. The van der Waals surface area contributed by atoms with Gasteiger partial charge in [-0.15, -0.1) is 0 Å². The number of thiazole rings is 1. The van der Waals surface area contributed by atoms with E-state index >= 15 is 0 Å². The normalized spacial score (nSPS) is 23.4. The number of para-hydroxylation sites is 1. The fourth-order valence-corrected chi connectivity index (χ4v) is 5.17. The van der Waals surface area contributed by atoms with Crippen molar-refractivity contribution in [2.75, 3.05) is 0 Å². The molecule has 0 N–H and O–H groups in total. The molecule has 2 bridgehead atoms. The summed E-state index contributed by atoms with van der Waals surface area (Å²) >= 11 is 1.42. The van der Waals surface area contributed by atoms with Gasteiger partial charge in [-0.05, 0) is 32.9 Å². The quantitative estimate of drug-likeness (QED) is 0.647. The summed E-state index contributed by atoms with van der Waals surface area (Å²) in [6.07, 6.45) is 2.61. The summed E-state index contributed by atoms with van der Waals surface area (Å²) in [6, 6.07) is 7.89. The molecule has 2 aromatic heterocycles. The Morgan fingerprint density at radius 1 is 1.33 bits per heavy atom. The van der Waals surface area contributed by atoms with E-state index in [0.717, 1.165) is 33.1 Å². The molecule has 7 heteroatoms. The van der Waals surface area contributed by atoms with Gasteiger partial charge in [-0.25, -0.2) is 4.99 Å². The Hall–Kier alpha value is -2.67. The molecule has 4 heterocycles. The maximum Gasteiger partial charge on any atom is 0.270 e. The second-order valence-electron chi connectivity index (χ2n) is 7.42. The van der Waals surface area contributed by atoms with Crippen LogP contribution < -0.4 is 19.6 Å². The van der Waals surface area contributed by atoms with E-state index in [-0.39, 0.29) is 11.6 Å². The van der Waals surface area contributed by atoms with Gasteiger partial charge in [-0.1, -0.05) is 29.5 Å². The molecule has 1 aromatic carbocycles. The number of benzene rings is 1. The van der Waals surface area contributed by atoms with Crippen molar-refractivity contribution in [3.05, 3.63) is 66.5 Å². The number of ether oxygens (including phenoxy) is 1. The number of hydrogen-bond donors (Lipinski definition) is 0. The SMILES string of the molecule is Cc1nn(C)c(C)c1/C=c1\sc2n(c1=O)C1CC(C)(N=2)Oc2ccccc21. The van der Waals surface area contributed by atoms with Crippen LogP contribution in [0.25, 0.3) is 6.08 Å². The lowest BCUT2D eigenvalue weighted by Crippen LogP contribution is -2.49. The van der Waals surface area contributed by atoms with Gasteiger partial charge in [0, 0.05) is 30.3 Å². The molecule has 0 amide bonds. The molecule has 0 spiro atoms. The van der Waals surface area contributed by atoms with Gasteiger partial charge >= 0.3 is 0 Å². The molecule has 6 nitrogen and oxygen atoms in total. The first-order chi connectivity index (χ1) is 12.9. The highest BCUT2D eigenvalue weighted by molar-refractivity contribution is 7.07. The van der Waals surface area contributed by atoms with E-state index in [0.29, 0.717) is 11.0 Å². The zero-order chi connectivity index (χ0) is 18.9. The van der Waals surface area contributed by atoms with Crippen LogP contribution in [-0.2, 0) is 7.05 Å². The van der Waals surface area contributed by atoms with Gasteiger partial charge in [0.25, 0.3) is 5.56 Å². The Morgan fingerprint density at radius 2 is 2.11 bits per heavy atom. The molecule has 5 rings (SSSR count). The highest BCUT2D eigenvalue weighted by atomic mass is 32.1. The molecule has 0 saturated carbocycles. The molecule has 3 aromatic rings. The van der Waals surface area contributed by atoms with Crippen molar-refractivity contribution in [1.29, 1.82) is 0 Å². The summed E-state index contributed by atoms with van der Waals surface area (Å²) < 4.78 is 10.5. The Morgan fingerprint density at radius 3 is 2.85 bits per heavy atom. The van der Waals surface area contributed by atoms with E-state index in [1.807, 2.05) is 67.4 Å². The molecule has 138 valence electrons. The van der Waals surface area contributed by atoms with Crippen molar-refractivity contribution in [2.45, 2.75) is 39.0 Å². The largest absolute Gasteiger partial charge is 0.466 e. The van der Waals surface area contributed by atoms with Crippen molar-refractivity contribution < 1.29 is 4.74 Å². The molecule has 0 fully saturated rings. The predicted octanol–water partition coefficient (Wildman–Crippen LogP) is 1.81. The lowest BCUT2D eigenvalue weighted by molar-refractivity contribution is 0.0410. The fraction of sp³-hybridized carbons (Fsp3) is 0.350. The topological polar surface area (TPSA) is 61.4 Å². The summed E-state index contributed by atoms with van der Waals surface area (Å²) in [4.78, 5) is 18.8. The maximum absolute atomic E-state index is 13.3. The van der Waals surface area contributed by atoms with E-state index in [9.17, 15) is 4.79 Å². The van der Waals surface area contributed by atoms with Gasteiger partial charge < -0.3 is 4.74 Å². The van der Waals surface area contributed by atoms with Gasteiger partial charge in [0.15, 0.2) is 4.80 Å². The average Bonchev–Trinajstić information content (AvgIpc) is 3.04. The Bertz CT molecular complexity index is 1270. The van der Waals surface area contributed by atoms with Gasteiger partial charge in [-0.2, -0.15) is 5.10 Å². The first-order valence-electron chi connectivity index (χ1n) is 8.97. The van der Waals surface area contributed by atoms with E-state index in [4.69, 9.17) is 9.73 Å². The number of nitrogens with zero attached hydrogens (tertiary/aromatic N) is 4. The third kappa shape index (κ3) is 2.34. The molecule has 27 heavy (non-hydrogen) atoms. The van der Waals surface area contributed by atoms with E-state index in [2.05, 4.69) is 5.10 Å². The minimum absolute atomic E-state index is 0.00477. The van der Waals surface area contributed by atoms with Crippen LogP contribution in [0.5, 0.6) is 5.75 Å². The molecular formula is C20H20N4O2S. The van der Waals surface area contributed by atoms with Gasteiger partial charge in [0.2, 0.25) is 5.72 Å². The van der Waals surface area contributed by atoms with E-state index in [1.54, 1.807) is 0 Å². The standard InChI is InChI=1S/C20H20N4O2S/c1-11-14(12(2)23(4)22-11)9-17-18(25)24-15-10-20(3,21-19(24)27-17)26-16-8-6-5-7-13(15)16/h5-9,15H,10H2,1-4H3/b17-9-. The number of rotatable bonds is 1. The number of hydrogen-bond acceptors (Lipinski definition) is 5. The number of fused-ring (bicyclic) bond motifs is 6. The van der Waals surface area contributed by atoms with Crippen LogP contribution in [0.15, 0.2) is 34.1 Å². The minimum atomic E-state index is -0.631. The Kier molecular flexibility index (Phi) is 3.31. The van der Waals surface area contributed by atoms with Crippen molar-refractivity contribution in [2.24, 2.45) is 12.0 Å². The molecule has 0 aliphatic carbocycles. The second-order valence-corrected chi connectivity index (χ2v) is 8.43. The first kappa shape index (κ1) is 16.5. The highest BCUT2D eigenvalue weighted by Crippen LogP contribution is 2.42. The lowest BCUT2D eigenvalue weighted by atomic mass is 9.93. The van der Waals surface area contributed by atoms with Crippen LogP contribution in [0.4, 0.5) is 0 Å². The Labute approximate surface area is 160 Å². The van der Waals surface area contributed by atoms with Crippen molar-refractivity contribution in [1.82, 2.24) is 14.3 Å². The van der Waals surface area contributed by atoms with Crippen LogP contribution in [0.2, 0.25) is 0 Å². The summed E-state index contributed by atoms with van der Waals surface area (Å²) in [5.41, 5.74) is 3.38. The molecule has 2 aliphatic rings. The van der Waals surface area contributed by atoms with Crippen LogP contribution in [0.3, 0.4) is 0 Å². The lowest BCUT2D eigenvalue weighted by Gasteiger charge is -2.39. The highest BCUT2D eigenvalue weighted by Gasteiger charge is 2.42. The zero-order valence-electron chi connectivity index (χ0n) is 15.7. The predicted molar refractivity (Wildman–Crippen MR) is 104 cm³/mol. The van der Waals surface area contributed by atoms with Crippen molar-refractivity contribution in [3.8, 4) is 5.75 Å². The van der Waals surface area contributed by atoms with Crippen molar-refractivity contribution >= 4 is 17.4 Å². The summed E-state index contributed by atoms with van der Waals surface area (Å²) in [5, 5.41) is 4.45. The van der Waals surface area contributed by atoms with Gasteiger partial charge in [-0.3, -0.25) is 14.0 Å². The number of aromatic nitrogens is 3. The molecule has 0 radical (unpaired) electrons.